The third kappa shape index (κ3) is 11.2. The van der Waals surface area contributed by atoms with Gasteiger partial charge in [-0.25, -0.2) is 8.32 Å². The first-order chi connectivity index (χ1) is 10.1. The summed E-state index contributed by atoms with van der Waals surface area (Å²) in [6, 6.07) is -1.19. The van der Waals surface area contributed by atoms with E-state index < -0.39 is 12.0 Å². The van der Waals surface area contributed by atoms with Gasteiger partial charge >= 0.3 is 5.97 Å². The number of nitrogens with one attached hydrogen (secondary N) is 4. The smallest absolute Gasteiger partial charge is 0.326 e. The zero-order chi connectivity index (χ0) is 16.1. The molecule has 0 saturated heterocycles. The number of unbranched alkanes of at least 4 members (excludes halogenated alkanes) is 1. The maximum Gasteiger partial charge on any atom is 0.326 e. The van der Waals surface area contributed by atoms with Crippen molar-refractivity contribution in [2.24, 2.45) is 0 Å². The van der Waals surface area contributed by atoms with E-state index in [9.17, 15) is 14.7 Å². The van der Waals surface area contributed by atoms with Gasteiger partial charge in [0.1, 0.15) is 6.04 Å². The van der Waals surface area contributed by atoms with Crippen molar-refractivity contribution in [1.82, 2.24) is 15.9 Å². The summed E-state index contributed by atoms with van der Waals surface area (Å²) >= 11 is 6.04. The molecule has 0 aliphatic rings. The molecule has 0 rings (SSSR count). The highest BCUT2D eigenvalue weighted by atomic mass is 127. The minimum absolute atomic E-state index is 0.253. The van der Waals surface area contributed by atoms with Gasteiger partial charge in [-0.15, -0.1) is 0 Å². The SMILES string of the molecule is O=C(O)[C@H](CCCCNI)NC(=O)[C@H](CCCNI)NI. The second kappa shape index (κ2) is 14.6. The van der Waals surface area contributed by atoms with Crippen LogP contribution >= 0.6 is 68.6 Å². The van der Waals surface area contributed by atoms with Crippen LogP contribution in [-0.2, 0) is 9.59 Å². The van der Waals surface area contributed by atoms with Crippen LogP contribution in [0.25, 0.3) is 0 Å². The predicted molar refractivity (Wildman–Crippen MR) is 108 cm³/mol. The van der Waals surface area contributed by atoms with Gasteiger partial charge in [0.2, 0.25) is 5.91 Å². The Labute approximate surface area is 167 Å². The summed E-state index contributed by atoms with van der Waals surface area (Å²) in [5, 5.41) is 11.8. The first-order valence-electron chi connectivity index (χ1n) is 6.63. The Balaban J connectivity index is 4.26. The number of amides is 1. The molecule has 0 spiro atoms. The molecule has 0 aromatic carbocycles. The minimum Gasteiger partial charge on any atom is -0.480 e. The van der Waals surface area contributed by atoms with Crippen LogP contribution in [0.5, 0.6) is 0 Å². The van der Waals surface area contributed by atoms with Gasteiger partial charge < -0.3 is 10.4 Å². The minimum atomic E-state index is -0.980. The molecule has 7 nitrogen and oxygen atoms in total. The van der Waals surface area contributed by atoms with E-state index in [2.05, 4.69) is 61.6 Å². The van der Waals surface area contributed by atoms with Crippen LogP contribution in [0.1, 0.15) is 32.1 Å². The number of rotatable bonds is 13. The molecular weight excluding hydrogens is 617 g/mol. The first kappa shape index (κ1) is 22.0. The summed E-state index contributed by atoms with van der Waals surface area (Å²) in [6.07, 6.45) is 3.60. The molecule has 0 radical (unpaired) electrons. The van der Waals surface area contributed by atoms with Crippen molar-refractivity contribution in [3.63, 3.8) is 0 Å². The van der Waals surface area contributed by atoms with Crippen LogP contribution in [-0.4, -0.2) is 42.2 Å². The maximum absolute atomic E-state index is 12.1. The van der Waals surface area contributed by atoms with Crippen molar-refractivity contribution in [2.45, 2.75) is 44.2 Å². The van der Waals surface area contributed by atoms with E-state index in [1.807, 2.05) is 22.9 Å². The molecule has 5 N–H and O–H groups in total. The summed E-state index contributed by atoms with van der Waals surface area (Å²) in [7, 11) is 0. The van der Waals surface area contributed by atoms with Gasteiger partial charge in [-0.1, -0.05) is 0 Å². The van der Waals surface area contributed by atoms with Crippen molar-refractivity contribution in [3.05, 3.63) is 0 Å². The number of carboxylic acid groups (broad SMARTS) is 1. The number of halogens is 3. The summed E-state index contributed by atoms with van der Waals surface area (Å²) < 4.78 is 8.88. The molecule has 0 aromatic rings. The van der Waals surface area contributed by atoms with Crippen LogP contribution in [0, 0.1) is 0 Å². The van der Waals surface area contributed by atoms with Gasteiger partial charge in [-0.2, -0.15) is 0 Å². The highest BCUT2D eigenvalue weighted by molar-refractivity contribution is 14.1. The molecule has 0 aromatic heterocycles. The molecule has 124 valence electrons. The van der Waals surface area contributed by atoms with Crippen LogP contribution in [0.15, 0.2) is 0 Å². The Morgan fingerprint density at radius 2 is 1.48 bits per heavy atom. The van der Waals surface area contributed by atoms with Crippen molar-refractivity contribution >= 4 is 80.5 Å². The lowest BCUT2D eigenvalue weighted by atomic mass is 10.1. The standard InChI is InChI=1S/C11H21I3N4O3/c12-15-6-2-1-4-9(11(20)21)17-10(19)8(18-14)5-3-7-16-13/h8-9,15-16,18H,1-7H2,(H,17,19)(H,20,21)/t8-,9-/m0/s1. The Hall–Kier alpha value is 1.01. The van der Waals surface area contributed by atoms with E-state index in [-0.39, 0.29) is 11.9 Å². The average molecular weight is 638 g/mol. The second-order valence-electron chi connectivity index (χ2n) is 4.47. The van der Waals surface area contributed by atoms with Gasteiger partial charge in [-0.3, -0.25) is 11.9 Å². The summed E-state index contributed by atoms with van der Waals surface area (Å²) in [6.45, 7) is 1.65. The van der Waals surface area contributed by atoms with Crippen LogP contribution in [0.2, 0.25) is 0 Å². The van der Waals surface area contributed by atoms with Crippen LogP contribution < -0.4 is 15.9 Å². The third-order valence-corrected chi connectivity index (χ3v) is 4.67. The lowest BCUT2D eigenvalue weighted by Crippen LogP contribution is -2.48. The first-order valence-corrected chi connectivity index (χ1v) is 9.86. The lowest BCUT2D eigenvalue weighted by molar-refractivity contribution is -0.142. The average Bonchev–Trinajstić information content (AvgIpc) is 2.46. The fourth-order valence-corrected chi connectivity index (χ4v) is 3.04. The van der Waals surface area contributed by atoms with Gasteiger partial charge in [0.15, 0.2) is 0 Å². The summed E-state index contributed by atoms with van der Waals surface area (Å²) in [5.74, 6) is -1.23. The topological polar surface area (TPSA) is 102 Å². The maximum atomic E-state index is 12.1. The zero-order valence-corrected chi connectivity index (χ0v) is 18.0. The van der Waals surface area contributed by atoms with Crippen molar-refractivity contribution in [2.75, 3.05) is 13.1 Å². The van der Waals surface area contributed by atoms with E-state index >= 15 is 0 Å². The molecule has 1 amide bonds. The monoisotopic (exact) mass is 638 g/mol. The Kier molecular flexibility index (Phi) is 15.3. The highest BCUT2D eigenvalue weighted by Gasteiger charge is 2.24. The summed E-state index contributed by atoms with van der Waals surface area (Å²) in [5.41, 5.74) is 0. The summed E-state index contributed by atoms with van der Waals surface area (Å²) in [4.78, 5) is 23.3. The number of carbonyl (C=O) groups is 2. The predicted octanol–water partition coefficient (Wildman–Crippen LogP) is 1.69. The second-order valence-corrected chi connectivity index (χ2v) is 6.61. The van der Waals surface area contributed by atoms with E-state index in [0.29, 0.717) is 12.8 Å². The van der Waals surface area contributed by atoms with E-state index in [0.717, 1.165) is 32.4 Å². The molecule has 2 atom stereocenters. The Bertz CT molecular complexity index is 310. The molecule has 0 aliphatic heterocycles. The molecule has 21 heavy (non-hydrogen) atoms. The van der Waals surface area contributed by atoms with Gasteiger partial charge in [0, 0.05) is 81.7 Å². The highest BCUT2D eigenvalue weighted by Crippen LogP contribution is 2.05. The normalized spacial score (nSPS) is 13.7. The fourth-order valence-electron chi connectivity index (χ4n) is 1.68. The fraction of sp³-hybridized carbons (Fsp3) is 0.818. The number of hydrogen-bond acceptors (Lipinski definition) is 5. The van der Waals surface area contributed by atoms with Crippen molar-refractivity contribution in [1.29, 1.82) is 0 Å². The Morgan fingerprint density at radius 1 is 0.905 bits per heavy atom. The van der Waals surface area contributed by atoms with Crippen LogP contribution in [0.4, 0.5) is 0 Å². The molecule has 0 saturated carbocycles. The Morgan fingerprint density at radius 3 is 2.00 bits per heavy atom. The quantitative estimate of drug-likeness (QED) is 0.120. The zero-order valence-electron chi connectivity index (χ0n) is 11.5. The van der Waals surface area contributed by atoms with Gasteiger partial charge in [0.05, 0.1) is 6.04 Å². The van der Waals surface area contributed by atoms with E-state index in [4.69, 9.17) is 0 Å². The molecule has 0 fully saturated rings. The van der Waals surface area contributed by atoms with Crippen molar-refractivity contribution < 1.29 is 14.7 Å². The number of carboxylic acids is 1. The number of hydrogen-bond donors (Lipinski definition) is 5. The lowest BCUT2D eigenvalue weighted by Gasteiger charge is -2.19. The van der Waals surface area contributed by atoms with Crippen molar-refractivity contribution in [3.8, 4) is 0 Å². The number of carbonyl (C=O) groups excluding carboxylic acids is 1. The number of aliphatic carboxylic acids is 1. The van der Waals surface area contributed by atoms with Gasteiger partial charge in [-0.05, 0) is 32.1 Å². The molecular formula is C11H21I3N4O3. The van der Waals surface area contributed by atoms with Crippen LogP contribution in [0.3, 0.4) is 0 Å². The third-order valence-electron chi connectivity index (χ3n) is 2.84. The molecule has 10 heteroatoms. The largest absolute Gasteiger partial charge is 0.480 e. The molecule has 0 bridgehead atoms. The molecule has 0 aliphatic carbocycles. The van der Waals surface area contributed by atoms with E-state index in [1.54, 1.807) is 0 Å². The van der Waals surface area contributed by atoms with Gasteiger partial charge in [0.25, 0.3) is 0 Å². The molecule has 0 heterocycles. The van der Waals surface area contributed by atoms with E-state index in [1.165, 1.54) is 0 Å². The molecule has 0 unspecified atom stereocenters.